The van der Waals surface area contributed by atoms with Crippen LogP contribution in [0.4, 0.5) is 4.79 Å². The third-order valence-corrected chi connectivity index (χ3v) is 4.01. The van der Waals surface area contributed by atoms with Gasteiger partial charge < -0.3 is 15.2 Å². The largest absolute Gasteiger partial charge is 0.489 e. The lowest BCUT2D eigenvalue weighted by atomic mass is 10.1. The van der Waals surface area contributed by atoms with Crippen LogP contribution in [0, 0.1) is 5.92 Å². The first-order chi connectivity index (χ1) is 13.3. The Kier molecular flexibility index (Phi) is 7.40. The second-order valence-electron chi connectivity index (χ2n) is 6.36. The fourth-order valence-corrected chi connectivity index (χ4v) is 2.43. The average molecular weight is 405 g/mol. The SMILES string of the molecule is CC(C)[C@H](OC(=O)c1ccc(COc2ccc(Cl)cc2)cc1)C(=O)NC(N)=O. The van der Waals surface area contributed by atoms with Crippen molar-refractivity contribution in [3.63, 3.8) is 0 Å². The number of imide groups is 1. The van der Waals surface area contributed by atoms with E-state index in [0.29, 0.717) is 17.4 Å². The molecule has 3 amide bonds. The van der Waals surface area contributed by atoms with Gasteiger partial charge in [-0.15, -0.1) is 0 Å². The van der Waals surface area contributed by atoms with Gasteiger partial charge >= 0.3 is 12.0 Å². The predicted octanol–water partition coefficient (Wildman–Crippen LogP) is 3.30. The van der Waals surface area contributed by atoms with Gasteiger partial charge in [-0.2, -0.15) is 0 Å². The van der Waals surface area contributed by atoms with Crippen molar-refractivity contribution in [2.45, 2.75) is 26.6 Å². The molecule has 0 unspecified atom stereocenters. The third kappa shape index (κ3) is 6.28. The highest BCUT2D eigenvalue weighted by Gasteiger charge is 2.27. The van der Waals surface area contributed by atoms with Crippen molar-refractivity contribution >= 4 is 29.5 Å². The standard InChI is InChI=1S/C20H21ClN2O5/c1-12(2)17(18(24)23-20(22)26)28-19(25)14-5-3-13(4-6-14)11-27-16-9-7-15(21)8-10-16/h3-10,12,17H,11H2,1-2H3,(H3,22,23,24,26)/t17-/m0/s1. The van der Waals surface area contributed by atoms with Gasteiger partial charge in [0.1, 0.15) is 12.4 Å². The molecule has 0 aliphatic rings. The van der Waals surface area contributed by atoms with Gasteiger partial charge in [-0.25, -0.2) is 9.59 Å². The number of ether oxygens (including phenoxy) is 2. The van der Waals surface area contributed by atoms with Crippen LogP contribution in [0.25, 0.3) is 0 Å². The van der Waals surface area contributed by atoms with Gasteiger partial charge in [0.15, 0.2) is 6.10 Å². The number of carbonyl (C=O) groups is 3. The fraction of sp³-hybridized carbons (Fsp3) is 0.250. The molecule has 0 bridgehead atoms. The van der Waals surface area contributed by atoms with Crippen molar-refractivity contribution in [3.05, 3.63) is 64.7 Å². The number of urea groups is 1. The van der Waals surface area contributed by atoms with Gasteiger partial charge in [-0.1, -0.05) is 37.6 Å². The molecule has 0 saturated heterocycles. The Bertz CT molecular complexity index is 835. The molecule has 3 N–H and O–H groups in total. The second-order valence-corrected chi connectivity index (χ2v) is 6.80. The second kappa shape index (κ2) is 9.75. The van der Waals surface area contributed by atoms with E-state index in [0.717, 1.165) is 5.56 Å². The smallest absolute Gasteiger partial charge is 0.338 e. The van der Waals surface area contributed by atoms with Gasteiger partial charge in [-0.05, 0) is 47.9 Å². The fourth-order valence-electron chi connectivity index (χ4n) is 2.30. The number of benzene rings is 2. The molecule has 2 rings (SSSR count). The van der Waals surface area contributed by atoms with Crippen molar-refractivity contribution in [2.75, 3.05) is 0 Å². The summed E-state index contributed by atoms with van der Waals surface area (Å²) in [6.07, 6.45) is -1.13. The Labute approximate surface area is 167 Å². The van der Waals surface area contributed by atoms with E-state index in [2.05, 4.69) is 0 Å². The molecule has 28 heavy (non-hydrogen) atoms. The van der Waals surface area contributed by atoms with Gasteiger partial charge in [0.05, 0.1) is 5.56 Å². The molecule has 148 valence electrons. The zero-order chi connectivity index (χ0) is 20.7. The average Bonchev–Trinajstić information content (AvgIpc) is 2.65. The number of amides is 3. The molecule has 0 spiro atoms. The lowest BCUT2D eigenvalue weighted by Gasteiger charge is -2.19. The van der Waals surface area contributed by atoms with E-state index in [9.17, 15) is 14.4 Å². The Balaban J connectivity index is 1.97. The maximum Gasteiger partial charge on any atom is 0.338 e. The third-order valence-electron chi connectivity index (χ3n) is 3.75. The lowest BCUT2D eigenvalue weighted by Crippen LogP contribution is -2.45. The van der Waals surface area contributed by atoms with E-state index in [1.54, 1.807) is 62.4 Å². The van der Waals surface area contributed by atoms with Crippen LogP contribution in [0.5, 0.6) is 5.75 Å². The van der Waals surface area contributed by atoms with Crippen LogP contribution in [0.2, 0.25) is 5.02 Å². The van der Waals surface area contributed by atoms with Crippen LogP contribution < -0.4 is 15.8 Å². The Morgan fingerprint density at radius 3 is 2.18 bits per heavy atom. The van der Waals surface area contributed by atoms with Crippen molar-refractivity contribution in [2.24, 2.45) is 11.7 Å². The molecule has 8 heteroatoms. The zero-order valence-electron chi connectivity index (χ0n) is 15.5. The number of nitrogens with two attached hydrogens (primary N) is 1. The molecular formula is C20H21ClN2O5. The summed E-state index contributed by atoms with van der Waals surface area (Å²) < 4.78 is 10.9. The molecular weight excluding hydrogens is 384 g/mol. The van der Waals surface area contributed by atoms with Crippen LogP contribution in [0.3, 0.4) is 0 Å². The highest BCUT2D eigenvalue weighted by molar-refractivity contribution is 6.30. The van der Waals surface area contributed by atoms with E-state index in [4.69, 9.17) is 26.8 Å². The Morgan fingerprint density at radius 1 is 1.04 bits per heavy atom. The first-order valence-corrected chi connectivity index (χ1v) is 8.92. The van der Waals surface area contributed by atoms with Crippen molar-refractivity contribution in [1.82, 2.24) is 5.32 Å². The summed E-state index contributed by atoms with van der Waals surface area (Å²) in [6.45, 7) is 3.69. The molecule has 1 atom stereocenters. The number of rotatable bonds is 7. The van der Waals surface area contributed by atoms with E-state index in [1.807, 2.05) is 5.32 Å². The van der Waals surface area contributed by atoms with Gasteiger partial charge in [-0.3, -0.25) is 10.1 Å². The van der Waals surface area contributed by atoms with Crippen molar-refractivity contribution in [1.29, 1.82) is 0 Å². The van der Waals surface area contributed by atoms with Gasteiger partial charge in [0.2, 0.25) is 0 Å². The molecule has 0 aromatic heterocycles. The summed E-state index contributed by atoms with van der Waals surface area (Å²) in [5, 5.41) is 2.55. The summed E-state index contributed by atoms with van der Waals surface area (Å²) in [7, 11) is 0. The maximum absolute atomic E-state index is 12.3. The zero-order valence-corrected chi connectivity index (χ0v) is 16.2. The number of carbonyl (C=O) groups excluding carboxylic acids is 3. The lowest BCUT2D eigenvalue weighted by molar-refractivity contribution is -0.130. The molecule has 0 fully saturated rings. The molecule has 0 aliphatic heterocycles. The number of nitrogens with one attached hydrogen (secondary N) is 1. The molecule has 2 aromatic carbocycles. The maximum atomic E-state index is 12.3. The first-order valence-electron chi connectivity index (χ1n) is 8.55. The quantitative estimate of drug-likeness (QED) is 0.688. The van der Waals surface area contributed by atoms with Crippen LogP contribution in [0.1, 0.15) is 29.8 Å². The first kappa shape index (κ1) is 21.2. The summed E-state index contributed by atoms with van der Waals surface area (Å²) in [4.78, 5) is 35.1. The molecule has 0 radical (unpaired) electrons. The summed E-state index contributed by atoms with van der Waals surface area (Å²) in [5.41, 5.74) is 6.05. The highest BCUT2D eigenvalue weighted by atomic mass is 35.5. The van der Waals surface area contributed by atoms with Gasteiger partial charge in [0.25, 0.3) is 5.91 Å². The summed E-state index contributed by atoms with van der Waals surface area (Å²) >= 11 is 5.83. The molecule has 0 aliphatic carbocycles. The van der Waals surface area contributed by atoms with E-state index >= 15 is 0 Å². The summed E-state index contributed by atoms with van der Waals surface area (Å²) in [6, 6.07) is 12.6. The minimum Gasteiger partial charge on any atom is -0.489 e. The molecule has 7 nitrogen and oxygen atoms in total. The monoisotopic (exact) mass is 404 g/mol. The predicted molar refractivity (Wildman–Crippen MR) is 104 cm³/mol. The Hall–Kier alpha value is -3.06. The number of hydrogen-bond donors (Lipinski definition) is 2. The van der Waals surface area contributed by atoms with Crippen molar-refractivity contribution in [3.8, 4) is 5.75 Å². The number of esters is 1. The molecule has 2 aromatic rings. The van der Waals surface area contributed by atoms with Crippen LogP contribution in [0.15, 0.2) is 48.5 Å². The number of halogens is 1. The topological polar surface area (TPSA) is 108 Å². The number of primary amides is 1. The number of hydrogen-bond acceptors (Lipinski definition) is 5. The molecule has 0 heterocycles. The highest BCUT2D eigenvalue weighted by Crippen LogP contribution is 2.17. The van der Waals surface area contributed by atoms with E-state index in [1.165, 1.54) is 0 Å². The summed E-state index contributed by atoms with van der Waals surface area (Å²) in [5.74, 6) is -1.10. The van der Waals surface area contributed by atoms with Crippen LogP contribution in [-0.2, 0) is 16.1 Å². The van der Waals surface area contributed by atoms with Gasteiger partial charge in [0, 0.05) is 5.02 Å². The van der Waals surface area contributed by atoms with E-state index < -0.39 is 24.0 Å². The van der Waals surface area contributed by atoms with E-state index in [-0.39, 0.29) is 11.5 Å². The minimum atomic E-state index is -1.13. The molecule has 0 saturated carbocycles. The normalized spacial score (nSPS) is 11.6. The minimum absolute atomic E-state index is 0.271. The van der Waals surface area contributed by atoms with Crippen molar-refractivity contribution < 1.29 is 23.9 Å². The Morgan fingerprint density at radius 2 is 1.64 bits per heavy atom. The van der Waals surface area contributed by atoms with Crippen LogP contribution in [-0.4, -0.2) is 24.0 Å². The van der Waals surface area contributed by atoms with Crippen LogP contribution >= 0.6 is 11.6 Å².